The number of benzene rings is 2. The number of hydrogen-bond acceptors (Lipinski definition) is 3. The number of carboxylic acid groups (broad SMARTS) is 1. The van der Waals surface area contributed by atoms with Gasteiger partial charge in [-0.25, -0.2) is 0 Å². The Labute approximate surface area is 105 Å². The lowest BCUT2D eigenvalue weighted by Gasteiger charge is -2.11. The maximum absolute atomic E-state index is 10.8. The van der Waals surface area contributed by atoms with Gasteiger partial charge in [0, 0.05) is 10.9 Å². The number of aliphatic carboxylic acids is 1. The monoisotopic (exact) mass is 246 g/mol. The molecule has 4 nitrogen and oxygen atoms in total. The largest absolute Gasteiger partial charge is 0.497 e. The van der Waals surface area contributed by atoms with Gasteiger partial charge in [0.25, 0.3) is 0 Å². The van der Waals surface area contributed by atoms with Crippen molar-refractivity contribution in [3.8, 4) is 11.5 Å². The molecule has 0 amide bonds. The van der Waals surface area contributed by atoms with E-state index < -0.39 is 5.97 Å². The summed E-state index contributed by atoms with van der Waals surface area (Å²) in [6.07, 6.45) is -0.0505. The number of hydrogen-bond donors (Lipinski definition) is 1. The van der Waals surface area contributed by atoms with Crippen molar-refractivity contribution < 1.29 is 19.4 Å². The highest BCUT2D eigenvalue weighted by molar-refractivity contribution is 5.91. The molecule has 0 heterocycles. The van der Waals surface area contributed by atoms with Gasteiger partial charge in [-0.2, -0.15) is 0 Å². The standard InChI is InChI=1S/C14H14O4/c1-17-11-5-6-12-9(7-11)3-4-10(8-13(15)16)14(12)18-2/h3-7H,8H2,1-2H3,(H,15,16). The first-order valence-electron chi connectivity index (χ1n) is 5.51. The van der Waals surface area contributed by atoms with E-state index in [-0.39, 0.29) is 6.42 Å². The fraction of sp³-hybridized carbons (Fsp3) is 0.214. The number of rotatable bonds is 4. The smallest absolute Gasteiger partial charge is 0.307 e. The van der Waals surface area contributed by atoms with Crippen LogP contribution in [-0.2, 0) is 11.2 Å². The predicted molar refractivity (Wildman–Crippen MR) is 68.4 cm³/mol. The molecule has 0 saturated carbocycles. The second kappa shape index (κ2) is 4.96. The van der Waals surface area contributed by atoms with Gasteiger partial charge in [0.2, 0.25) is 0 Å². The molecule has 0 aliphatic carbocycles. The van der Waals surface area contributed by atoms with E-state index in [0.717, 1.165) is 16.5 Å². The molecular weight excluding hydrogens is 232 g/mol. The van der Waals surface area contributed by atoms with Gasteiger partial charge in [-0.15, -0.1) is 0 Å². The Kier molecular flexibility index (Phi) is 3.37. The van der Waals surface area contributed by atoms with Crippen molar-refractivity contribution in [3.05, 3.63) is 35.9 Å². The molecule has 2 rings (SSSR count). The van der Waals surface area contributed by atoms with E-state index in [1.807, 2.05) is 24.3 Å². The zero-order valence-corrected chi connectivity index (χ0v) is 10.3. The first kappa shape index (κ1) is 12.2. The Balaban J connectivity index is 2.60. The van der Waals surface area contributed by atoms with Crippen LogP contribution in [0.15, 0.2) is 30.3 Å². The highest BCUT2D eigenvalue weighted by Gasteiger charge is 2.11. The molecule has 0 fully saturated rings. The van der Waals surface area contributed by atoms with Gasteiger partial charge in [0.05, 0.1) is 20.6 Å². The molecule has 0 bridgehead atoms. The third-order valence-electron chi connectivity index (χ3n) is 2.80. The molecule has 4 heteroatoms. The maximum atomic E-state index is 10.8. The van der Waals surface area contributed by atoms with Crippen molar-refractivity contribution >= 4 is 16.7 Å². The lowest BCUT2D eigenvalue weighted by atomic mass is 10.0. The summed E-state index contributed by atoms with van der Waals surface area (Å²) in [6, 6.07) is 9.24. The Morgan fingerprint density at radius 3 is 2.56 bits per heavy atom. The Hall–Kier alpha value is -2.23. The zero-order valence-electron chi connectivity index (χ0n) is 10.3. The van der Waals surface area contributed by atoms with Gasteiger partial charge >= 0.3 is 5.97 Å². The van der Waals surface area contributed by atoms with Crippen LogP contribution in [0.2, 0.25) is 0 Å². The van der Waals surface area contributed by atoms with Gasteiger partial charge in [0.15, 0.2) is 0 Å². The Morgan fingerprint density at radius 1 is 1.17 bits per heavy atom. The summed E-state index contributed by atoms with van der Waals surface area (Å²) >= 11 is 0. The van der Waals surface area contributed by atoms with Crippen LogP contribution in [0.5, 0.6) is 11.5 Å². The molecule has 0 saturated heterocycles. The molecule has 94 valence electrons. The lowest BCUT2D eigenvalue weighted by Crippen LogP contribution is -2.02. The van der Waals surface area contributed by atoms with Crippen LogP contribution in [-0.4, -0.2) is 25.3 Å². The average Bonchev–Trinajstić information content (AvgIpc) is 2.37. The minimum atomic E-state index is -0.874. The van der Waals surface area contributed by atoms with E-state index in [0.29, 0.717) is 11.3 Å². The summed E-state index contributed by atoms with van der Waals surface area (Å²) in [5.74, 6) is 0.495. The topological polar surface area (TPSA) is 55.8 Å². The van der Waals surface area contributed by atoms with Crippen molar-refractivity contribution in [2.75, 3.05) is 14.2 Å². The number of methoxy groups -OCH3 is 2. The first-order valence-corrected chi connectivity index (χ1v) is 5.51. The number of carboxylic acids is 1. The van der Waals surface area contributed by atoms with Crippen LogP contribution in [0.1, 0.15) is 5.56 Å². The molecule has 0 radical (unpaired) electrons. The van der Waals surface area contributed by atoms with Crippen LogP contribution in [0.4, 0.5) is 0 Å². The molecule has 1 N–H and O–H groups in total. The van der Waals surface area contributed by atoms with Crippen LogP contribution in [0, 0.1) is 0 Å². The Morgan fingerprint density at radius 2 is 1.94 bits per heavy atom. The molecule has 0 unspecified atom stereocenters. The summed E-state index contributed by atoms with van der Waals surface area (Å²) in [7, 11) is 3.15. The minimum absolute atomic E-state index is 0.0505. The van der Waals surface area contributed by atoms with E-state index in [1.165, 1.54) is 0 Å². The quantitative estimate of drug-likeness (QED) is 0.900. The predicted octanol–water partition coefficient (Wildman–Crippen LogP) is 2.48. The molecule has 2 aromatic carbocycles. The summed E-state index contributed by atoms with van der Waals surface area (Å²) in [5.41, 5.74) is 0.669. The summed E-state index contributed by atoms with van der Waals surface area (Å²) in [5, 5.41) is 10.7. The average molecular weight is 246 g/mol. The molecule has 0 spiro atoms. The second-order valence-corrected chi connectivity index (χ2v) is 3.92. The molecule has 2 aromatic rings. The molecular formula is C14H14O4. The minimum Gasteiger partial charge on any atom is -0.497 e. The summed E-state index contributed by atoms with van der Waals surface area (Å²) in [6.45, 7) is 0. The third kappa shape index (κ3) is 2.22. The zero-order chi connectivity index (χ0) is 13.1. The van der Waals surface area contributed by atoms with Gasteiger partial charge in [-0.05, 0) is 23.6 Å². The van der Waals surface area contributed by atoms with Crippen LogP contribution < -0.4 is 9.47 Å². The fourth-order valence-corrected chi connectivity index (χ4v) is 1.99. The molecule has 0 atom stereocenters. The molecule has 0 aliphatic rings. The van der Waals surface area contributed by atoms with Crippen molar-refractivity contribution in [2.24, 2.45) is 0 Å². The highest BCUT2D eigenvalue weighted by atomic mass is 16.5. The molecule has 0 aromatic heterocycles. The summed E-state index contributed by atoms with van der Waals surface area (Å²) in [4.78, 5) is 10.8. The lowest BCUT2D eigenvalue weighted by molar-refractivity contribution is -0.136. The van der Waals surface area contributed by atoms with Crippen LogP contribution >= 0.6 is 0 Å². The SMILES string of the molecule is COc1ccc2c(OC)c(CC(=O)O)ccc2c1. The number of fused-ring (bicyclic) bond motifs is 1. The normalized spacial score (nSPS) is 10.3. The van der Waals surface area contributed by atoms with E-state index in [2.05, 4.69) is 0 Å². The van der Waals surface area contributed by atoms with Crippen molar-refractivity contribution in [3.63, 3.8) is 0 Å². The maximum Gasteiger partial charge on any atom is 0.307 e. The van der Waals surface area contributed by atoms with Crippen LogP contribution in [0.3, 0.4) is 0 Å². The van der Waals surface area contributed by atoms with Crippen LogP contribution in [0.25, 0.3) is 10.8 Å². The van der Waals surface area contributed by atoms with E-state index >= 15 is 0 Å². The van der Waals surface area contributed by atoms with Gasteiger partial charge in [-0.1, -0.05) is 12.1 Å². The van der Waals surface area contributed by atoms with E-state index in [4.69, 9.17) is 14.6 Å². The van der Waals surface area contributed by atoms with Gasteiger partial charge in [0.1, 0.15) is 11.5 Å². The second-order valence-electron chi connectivity index (χ2n) is 3.92. The van der Waals surface area contributed by atoms with Gasteiger partial charge in [-0.3, -0.25) is 4.79 Å². The number of carbonyl (C=O) groups is 1. The van der Waals surface area contributed by atoms with Crippen molar-refractivity contribution in [1.82, 2.24) is 0 Å². The highest BCUT2D eigenvalue weighted by Crippen LogP contribution is 2.32. The van der Waals surface area contributed by atoms with E-state index in [1.54, 1.807) is 20.3 Å². The van der Waals surface area contributed by atoms with Gasteiger partial charge < -0.3 is 14.6 Å². The number of ether oxygens (including phenoxy) is 2. The van der Waals surface area contributed by atoms with E-state index in [9.17, 15) is 4.79 Å². The van der Waals surface area contributed by atoms with Crippen molar-refractivity contribution in [1.29, 1.82) is 0 Å². The third-order valence-corrected chi connectivity index (χ3v) is 2.80. The Bertz CT molecular complexity index is 590. The summed E-state index contributed by atoms with van der Waals surface area (Å²) < 4.78 is 10.5. The van der Waals surface area contributed by atoms with Crippen molar-refractivity contribution in [2.45, 2.75) is 6.42 Å². The first-order chi connectivity index (χ1) is 8.65. The molecule has 18 heavy (non-hydrogen) atoms. The fourth-order valence-electron chi connectivity index (χ4n) is 1.99. The molecule has 0 aliphatic heterocycles.